The standard InChI is InChI=1S/C17H24N2O3S/c1-13-3-4-15(11-14(13)2)17(20)19-8-6-18(7-9-19)16-5-10-23(21,22)12-16/h3-4,11,16H,5-10,12H2,1-2H3/p+1/t16-/m1/s1. The Morgan fingerprint density at radius 3 is 2.43 bits per heavy atom. The molecule has 2 fully saturated rings. The summed E-state index contributed by atoms with van der Waals surface area (Å²) >= 11 is 0. The van der Waals surface area contributed by atoms with Crippen LogP contribution in [0.3, 0.4) is 0 Å². The molecule has 1 amide bonds. The minimum atomic E-state index is -2.83. The lowest BCUT2D eigenvalue weighted by Gasteiger charge is -2.35. The number of rotatable bonds is 2. The number of hydrogen-bond donors (Lipinski definition) is 1. The highest BCUT2D eigenvalue weighted by Crippen LogP contribution is 2.13. The Balaban J connectivity index is 1.60. The number of piperazine rings is 1. The number of sulfone groups is 1. The van der Waals surface area contributed by atoms with E-state index in [4.69, 9.17) is 0 Å². The van der Waals surface area contributed by atoms with Crippen molar-refractivity contribution in [1.29, 1.82) is 0 Å². The Kier molecular flexibility index (Phi) is 4.47. The first-order valence-corrected chi connectivity index (χ1v) is 10.1. The molecular weight excluding hydrogens is 312 g/mol. The summed E-state index contributed by atoms with van der Waals surface area (Å²) in [7, 11) is -2.83. The molecule has 2 saturated heterocycles. The number of amides is 1. The Morgan fingerprint density at radius 1 is 1.17 bits per heavy atom. The summed E-state index contributed by atoms with van der Waals surface area (Å²) in [5.74, 6) is 0.728. The largest absolute Gasteiger partial charge is 0.329 e. The first-order valence-electron chi connectivity index (χ1n) is 8.27. The van der Waals surface area contributed by atoms with Crippen LogP contribution in [0.5, 0.6) is 0 Å². The van der Waals surface area contributed by atoms with Crippen molar-refractivity contribution in [1.82, 2.24) is 4.90 Å². The fourth-order valence-corrected chi connectivity index (χ4v) is 5.41. The van der Waals surface area contributed by atoms with Gasteiger partial charge in [-0.15, -0.1) is 0 Å². The van der Waals surface area contributed by atoms with Crippen LogP contribution in [-0.2, 0) is 9.84 Å². The van der Waals surface area contributed by atoms with Crippen LogP contribution < -0.4 is 4.90 Å². The molecule has 126 valence electrons. The normalized spacial score (nSPS) is 24.8. The quantitative estimate of drug-likeness (QED) is 0.815. The second-order valence-electron chi connectivity index (χ2n) is 6.85. The summed E-state index contributed by atoms with van der Waals surface area (Å²) in [6.45, 7) is 7.17. The zero-order valence-corrected chi connectivity index (χ0v) is 14.7. The molecule has 3 rings (SSSR count). The van der Waals surface area contributed by atoms with Crippen molar-refractivity contribution < 1.29 is 18.1 Å². The monoisotopic (exact) mass is 337 g/mol. The van der Waals surface area contributed by atoms with E-state index in [0.717, 1.165) is 30.6 Å². The molecule has 2 aliphatic heterocycles. The lowest BCUT2D eigenvalue weighted by atomic mass is 10.1. The van der Waals surface area contributed by atoms with E-state index in [1.165, 1.54) is 10.5 Å². The molecule has 23 heavy (non-hydrogen) atoms. The molecule has 0 spiro atoms. The second-order valence-corrected chi connectivity index (χ2v) is 9.08. The maximum absolute atomic E-state index is 12.6. The van der Waals surface area contributed by atoms with Crippen LogP contribution in [0.25, 0.3) is 0 Å². The zero-order valence-electron chi connectivity index (χ0n) is 13.8. The van der Waals surface area contributed by atoms with Crippen molar-refractivity contribution in [2.24, 2.45) is 0 Å². The highest BCUT2D eigenvalue weighted by molar-refractivity contribution is 7.91. The average molecular weight is 337 g/mol. The van der Waals surface area contributed by atoms with Crippen LogP contribution in [-0.4, -0.2) is 63.0 Å². The minimum Gasteiger partial charge on any atom is -0.329 e. The third kappa shape index (κ3) is 3.58. The number of nitrogens with one attached hydrogen (secondary N) is 1. The van der Waals surface area contributed by atoms with Gasteiger partial charge in [-0.3, -0.25) is 4.79 Å². The number of nitrogens with zero attached hydrogens (tertiary/aromatic N) is 1. The number of aryl methyl sites for hydroxylation is 2. The SMILES string of the molecule is Cc1ccc(C(=O)N2CC[NH+]([C@@H]3CCS(=O)(=O)C3)CC2)cc1C. The van der Waals surface area contributed by atoms with Crippen LogP contribution in [0.15, 0.2) is 18.2 Å². The van der Waals surface area contributed by atoms with Gasteiger partial charge in [-0.2, -0.15) is 0 Å². The molecular formula is C17H25N2O3S+. The fourth-order valence-electron chi connectivity index (χ4n) is 3.58. The predicted molar refractivity (Wildman–Crippen MR) is 89.6 cm³/mol. The molecule has 0 aliphatic carbocycles. The first-order chi connectivity index (χ1) is 10.9. The molecule has 2 heterocycles. The topological polar surface area (TPSA) is 58.9 Å². The molecule has 0 bridgehead atoms. The van der Waals surface area contributed by atoms with Gasteiger partial charge in [0.1, 0.15) is 11.8 Å². The number of quaternary nitrogens is 1. The summed E-state index contributed by atoms with van der Waals surface area (Å²) in [5.41, 5.74) is 3.08. The maximum atomic E-state index is 12.6. The lowest BCUT2D eigenvalue weighted by Crippen LogP contribution is -3.18. The van der Waals surface area contributed by atoms with Crippen molar-refractivity contribution in [3.63, 3.8) is 0 Å². The van der Waals surface area contributed by atoms with Crippen LogP contribution in [0.4, 0.5) is 0 Å². The number of carbonyl (C=O) groups excluding carboxylic acids is 1. The summed E-state index contributed by atoms with van der Waals surface area (Å²) in [4.78, 5) is 15.9. The maximum Gasteiger partial charge on any atom is 0.254 e. The van der Waals surface area contributed by atoms with Gasteiger partial charge in [-0.25, -0.2) is 8.42 Å². The molecule has 2 aliphatic rings. The smallest absolute Gasteiger partial charge is 0.254 e. The van der Waals surface area contributed by atoms with Gasteiger partial charge >= 0.3 is 0 Å². The second kappa shape index (κ2) is 6.24. The molecule has 0 radical (unpaired) electrons. The van der Waals surface area contributed by atoms with Gasteiger partial charge in [0.15, 0.2) is 9.84 Å². The molecule has 0 unspecified atom stereocenters. The first kappa shape index (κ1) is 16.5. The predicted octanol–water partition coefficient (Wildman–Crippen LogP) is -0.169. The Bertz CT molecular complexity index is 707. The number of hydrogen-bond acceptors (Lipinski definition) is 3. The molecule has 1 aromatic rings. The molecule has 1 N–H and O–H groups in total. The lowest BCUT2D eigenvalue weighted by molar-refractivity contribution is -0.925. The van der Waals surface area contributed by atoms with E-state index in [2.05, 4.69) is 0 Å². The van der Waals surface area contributed by atoms with Crippen molar-refractivity contribution in [3.05, 3.63) is 34.9 Å². The van der Waals surface area contributed by atoms with E-state index in [1.807, 2.05) is 36.9 Å². The van der Waals surface area contributed by atoms with E-state index in [0.29, 0.717) is 24.6 Å². The van der Waals surface area contributed by atoms with Crippen LogP contribution in [0.1, 0.15) is 27.9 Å². The van der Waals surface area contributed by atoms with Crippen LogP contribution >= 0.6 is 0 Å². The molecule has 6 heteroatoms. The molecule has 1 aromatic carbocycles. The average Bonchev–Trinajstić information content (AvgIpc) is 2.89. The molecule has 0 aromatic heterocycles. The summed E-state index contributed by atoms with van der Waals surface area (Å²) in [5, 5.41) is 0. The van der Waals surface area contributed by atoms with Gasteiger partial charge in [-0.1, -0.05) is 6.07 Å². The van der Waals surface area contributed by atoms with Gasteiger partial charge in [0.2, 0.25) is 0 Å². The Morgan fingerprint density at radius 2 is 1.87 bits per heavy atom. The van der Waals surface area contributed by atoms with Gasteiger partial charge in [0, 0.05) is 12.0 Å². The van der Waals surface area contributed by atoms with Gasteiger partial charge < -0.3 is 9.80 Å². The third-order valence-corrected chi connectivity index (χ3v) is 7.02. The van der Waals surface area contributed by atoms with Crippen molar-refractivity contribution in [2.75, 3.05) is 37.7 Å². The van der Waals surface area contributed by atoms with E-state index in [1.54, 1.807) is 0 Å². The van der Waals surface area contributed by atoms with Crippen molar-refractivity contribution in [2.45, 2.75) is 26.3 Å². The van der Waals surface area contributed by atoms with Gasteiger partial charge in [-0.05, 0) is 37.1 Å². The van der Waals surface area contributed by atoms with E-state index in [-0.39, 0.29) is 11.9 Å². The molecule has 5 nitrogen and oxygen atoms in total. The third-order valence-electron chi connectivity index (χ3n) is 5.26. The Labute approximate surface area is 138 Å². The zero-order chi connectivity index (χ0) is 16.6. The molecule has 1 atom stereocenters. The van der Waals surface area contributed by atoms with E-state index in [9.17, 15) is 13.2 Å². The van der Waals surface area contributed by atoms with Crippen LogP contribution in [0.2, 0.25) is 0 Å². The number of carbonyl (C=O) groups is 1. The van der Waals surface area contributed by atoms with Crippen LogP contribution in [0, 0.1) is 13.8 Å². The number of benzene rings is 1. The molecule has 0 saturated carbocycles. The van der Waals surface area contributed by atoms with E-state index >= 15 is 0 Å². The van der Waals surface area contributed by atoms with Crippen molar-refractivity contribution in [3.8, 4) is 0 Å². The van der Waals surface area contributed by atoms with Crippen molar-refractivity contribution >= 4 is 15.7 Å². The summed E-state index contributed by atoms with van der Waals surface area (Å²) in [6, 6.07) is 6.07. The Hall–Kier alpha value is -1.40. The highest BCUT2D eigenvalue weighted by atomic mass is 32.2. The van der Waals surface area contributed by atoms with Gasteiger partial charge in [0.05, 0.1) is 31.9 Å². The fraction of sp³-hybridized carbons (Fsp3) is 0.588. The summed E-state index contributed by atoms with van der Waals surface area (Å²) in [6.07, 6.45) is 0.767. The van der Waals surface area contributed by atoms with Gasteiger partial charge in [0.25, 0.3) is 5.91 Å². The highest BCUT2D eigenvalue weighted by Gasteiger charge is 2.37. The van der Waals surface area contributed by atoms with E-state index < -0.39 is 9.84 Å². The summed E-state index contributed by atoms with van der Waals surface area (Å²) < 4.78 is 23.2. The minimum absolute atomic E-state index is 0.0891.